The zero-order chi connectivity index (χ0) is 19.6. The van der Waals surface area contributed by atoms with Crippen LogP contribution in [0, 0.1) is 0 Å². The SMILES string of the molecule is COc1cc(SCCCNC(=O)CSc2ccc(O)c(OC)c2)ccc1O. The number of benzene rings is 2. The van der Waals surface area contributed by atoms with Crippen molar-refractivity contribution in [1.82, 2.24) is 5.32 Å². The zero-order valence-corrected chi connectivity index (χ0v) is 16.9. The average Bonchev–Trinajstić information content (AvgIpc) is 2.68. The van der Waals surface area contributed by atoms with Gasteiger partial charge in [0.25, 0.3) is 0 Å². The fourth-order valence-electron chi connectivity index (χ4n) is 2.19. The molecule has 6 nitrogen and oxygen atoms in total. The number of carbonyl (C=O) groups excluding carboxylic acids is 1. The molecule has 0 aliphatic rings. The number of methoxy groups -OCH3 is 2. The van der Waals surface area contributed by atoms with E-state index in [1.54, 1.807) is 42.1 Å². The summed E-state index contributed by atoms with van der Waals surface area (Å²) in [7, 11) is 3.01. The van der Waals surface area contributed by atoms with Crippen molar-refractivity contribution in [3.05, 3.63) is 36.4 Å². The molecule has 2 rings (SSSR count). The Kier molecular flexibility index (Phi) is 8.47. The normalized spacial score (nSPS) is 10.4. The molecular weight excluding hydrogens is 386 g/mol. The van der Waals surface area contributed by atoms with Gasteiger partial charge in [0.1, 0.15) is 0 Å². The quantitative estimate of drug-likeness (QED) is 0.409. The van der Waals surface area contributed by atoms with E-state index in [4.69, 9.17) is 9.47 Å². The van der Waals surface area contributed by atoms with E-state index in [9.17, 15) is 15.0 Å². The Morgan fingerprint density at radius 2 is 1.52 bits per heavy atom. The lowest BCUT2D eigenvalue weighted by Crippen LogP contribution is -2.26. The number of amides is 1. The van der Waals surface area contributed by atoms with Crippen molar-refractivity contribution in [2.75, 3.05) is 32.3 Å². The van der Waals surface area contributed by atoms with Gasteiger partial charge < -0.3 is 25.0 Å². The maximum absolute atomic E-state index is 11.9. The van der Waals surface area contributed by atoms with Crippen molar-refractivity contribution in [2.45, 2.75) is 16.2 Å². The second-order valence-electron chi connectivity index (χ2n) is 5.51. The minimum Gasteiger partial charge on any atom is -0.504 e. The van der Waals surface area contributed by atoms with E-state index in [1.165, 1.54) is 26.0 Å². The number of hydrogen-bond acceptors (Lipinski definition) is 7. The van der Waals surface area contributed by atoms with Gasteiger partial charge in [-0.3, -0.25) is 4.79 Å². The van der Waals surface area contributed by atoms with Gasteiger partial charge in [-0.2, -0.15) is 0 Å². The first-order chi connectivity index (χ1) is 13.0. The summed E-state index contributed by atoms with van der Waals surface area (Å²) in [5.74, 6) is 2.16. The molecular formula is C19H23NO5S2. The number of thioether (sulfide) groups is 2. The van der Waals surface area contributed by atoms with Gasteiger partial charge >= 0.3 is 0 Å². The highest BCUT2D eigenvalue weighted by Crippen LogP contribution is 2.32. The largest absolute Gasteiger partial charge is 0.504 e. The Labute approximate surface area is 167 Å². The van der Waals surface area contributed by atoms with Crippen LogP contribution in [0.1, 0.15) is 6.42 Å². The maximum Gasteiger partial charge on any atom is 0.230 e. The predicted octanol–water partition coefficient (Wildman–Crippen LogP) is 3.51. The highest BCUT2D eigenvalue weighted by Gasteiger charge is 2.07. The molecule has 146 valence electrons. The Hall–Kier alpha value is -2.19. The molecule has 0 atom stereocenters. The number of phenols is 2. The number of ether oxygens (including phenoxy) is 2. The topological polar surface area (TPSA) is 88.0 Å². The molecule has 0 aliphatic carbocycles. The molecule has 0 unspecified atom stereocenters. The molecule has 1 amide bonds. The van der Waals surface area contributed by atoms with Gasteiger partial charge in [-0.05, 0) is 48.6 Å². The number of phenolic OH excluding ortho intramolecular Hbond substituents is 2. The average molecular weight is 410 g/mol. The van der Waals surface area contributed by atoms with Crippen LogP contribution < -0.4 is 14.8 Å². The van der Waals surface area contributed by atoms with Gasteiger partial charge in [-0.15, -0.1) is 23.5 Å². The van der Waals surface area contributed by atoms with E-state index >= 15 is 0 Å². The van der Waals surface area contributed by atoms with E-state index in [0.717, 1.165) is 22.0 Å². The minimum atomic E-state index is -0.0386. The molecule has 8 heteroatoms. The lowest BCUT2D eigenvalue weighted by atomic mass is 10.3. The van der Waals surface area contributed by atoms with Crippen LogP contribution in [0.3, 0.4) is 0 Å². The molecule has 0 aromatic heterocycles. The summed E-state index contributed by atoms with van der Waals surface area (Å²) in [6, 6.07) is 10.2. The van der Waals surface area contributed by atoms with Gasteiger partial charge in [0.2, 0.25) is 5.91 Å². The summed E-state index contributed by atoms with van der Waals surface area (Å²) in [5.41, 5.74) is 0. The smallest absolute Gasteiger partial charge is 0.230 e. The Morgan fingerprint density at radius 3 is 2.07 bits per heavy atom. The third-order valence-corrected chi connectivity index (χ3v) is 5.66. The number of hydrogen-bond donors (Lipinski definition) is 3. The standard InChI is InChI=1S/C19H23NO5S2/c1-24-17-10-13(4-6-15(17)21)26-9-3-8-20-19(23)12-27-14-5-7-16(22)18(11-14)25-2/h4-7,10-11,21-22H,3,8-9,12H2,1-2H3,(H,20,23). The molecule has 0 saturated carbocycles. The molecule has 0 heterocycles. The fourth-order valence-corrected chi connectivity index (χ4v) is 3.82. The third kappa shape index (κ3) is 6.80. The maximum atomic E-state index is 11.9. The summed E-state index contributed by atoms with van der Waals surface area (Å²) in [6.45, 7) is 0.598. The van der Waals surface area contributed by atoms with Crippen LogP contribution in [0.2, 0.25) is 0 Å². The van der Waals surface area contributed by atoms with Crippen LogP contribution >= 0.6 is 23.5 Å². The van der Waals surface area contributed by atoms with Crippen molar-refractivity contribution < 1.29 is 24.5 Å². The first kappa shape index (κ1) is 21.1. The second-order valence-corrected chi connectivity index (χ2v) is 7.73. The van der Waals surface area contributed by atoms with Crippen molar-refractivity contribution in [2.24, 2.45) is 0 Å². The molecule has 0 aliphatic heterocycles. The second kappa shape index (κ2) is 10.8. The van der Waals surface area contributed by atoms with Crippen molar-refractivity contribution in [3.8, 4) is 23.0 Å². The molecule has 27 heavy (non-hydrogen) atoms. The number of nitrogens with one attached hydrogen (secondary N) is 1. The summed E-state index contributed by atoms with van der Waals surface area (Å²) in [5, 5.41) is 22.0. The van der Waals surface area contributed by atoms with Crippen LogP contribution in [-0.4, -0.2) is 48.4 Å². The number of aromatic hydroxyl groups is 2. The van der Waals surface area contributed by atoms with Crippen LogP contribution in [0.4, 0.5) is 0 Å². The van der Waals surface area contributed by atoms with Crippen LogP contribution in [0.15, 0.2) is 46.2 Å². The minimum absolute atomic E-state index is 0.0386. The molecule has 0 saturated heterocycles. The van der Waals surface area contributed by atoms with Gasteiger partial charge in [0, 0.05) is 16.3 Å². The van der Waals surface area contributed by atoms with Crippen LogP contribution in [-0.2, 0) is 4.79 Å². The third-order valence-electron chi connectivity index (χ3n) is 3.58. The van der Waals surface area contributed by atoms with Crippen LogP contribution in [0.25, 0.3) is 0 Å². The zero-order valence-electron chi connectivity index (χ0n) is 15.2. The van der Waals surface area contributed by atoms with Crippen molar-refractivity contribution in [1.29, 1.82) is 0 Å². The van der Waals surface area contributed by atoms with Crippen LogP contribution in [0.5, 0.6) is 23.0 Å². The molecule has 2 aromatic rings. The van der Waals surface area contributed by atoms with E-state index in [2.05, 4.69) is 5.32 Å². The van der Waals surface area contributed by atoms with Gasteiger partial charge in [-0.25, -0.2) is 0 Å². The van der Waals surface area contributed by atoms with E-state index in [0.29, 0.717) is 23.8 Å². The van der Waals surface area contributed by atoms with Gasteiger partial charge in [0.05, 0.1) is 20.0 Å². The molecule has 0 radical (unpaired) electrons. The highest BCUT2D eigenvalue weighted by atomic mass is 32.2. The lowest BCUT2D eigenvalue weighted by Gasteiger charge is -2.08. The summed E-state index contributed by atoms with van der Waals surface area (Å²) < 4.78 is 10.1. The highest BCUT2D eigenvalue weighted by molar-refractivity contribution is 8.00. The van der Waals surface area contributed by atoms with Gasteiger partial charge in [0.15, 0.2) is 23.0 Å². The van der Waals surface area contributed by atoms with E-state index < -0.39 is 0 Å². The molecule has 2 aromatic carbocycles. The summed E-state index contributed by atoms with van der Waals surface area (Å²) in [4.78, 5) is 13.8. The lowest BCUT2D eigenvalue weighted by molar-refractivity contribution is -0.118. The molecule has 0 fully saturated rings. The first-order valence-electron chi connectivity index (χ1n) is 8.29. The van der Waals surface area contributed by atoms with Gasteiger partial charge in [-0.1, -0.05) is 0 Å². The Morgan fingerprint density at radius 1 is 0.963 bits per heavy atom. The number of rotatable bonds is 10. The predicted molar refractivity (Wildman–Crippen MR) is 108 cm³/mol. The molecule has 3 N–H and O–H groups in total. The fraction of sp³-hybridized carbons (Fsp3) is 0.316. The molecule has 0 spiro atoms. The summed E-state index contributed by atoms with van der Waals surface area (Å²) >= 11 is 3.03. The van der Waals surface area contributed by atoms with Crippen molar-refractivity contribution >= 4 is 29.4 Å². The van der Waals surface area contributed by atoms with E-state index in [1.807, 2.05) is 6.07 Å². The Bertz CT molecular complexity index is 770. The first-order valence-corrected chi connectivity index (χ1v) is 10.3. The molecule has 0 bridgehead atoms. The van der Waals surface area contributed by atoms with Crippen molar-refractivity contribution in [3.63, 3.8) is 0 Å². The monoisotopic (exact) mass is 409 g/mol. The number of carbonyl (C=O) groups is 1. The van der Waals surface area contributed by atoms with E-state index in [-0.39, 0.29) is 17.4 Å². The Balaban J connectivity index is 1.65. The summed E-state index contributed by atoms with van der Waals surface area (Å²) in [6.07, 6.45) is 0.831.